The van der Waals surface area contributed by atoms with Crippen molar-refractivity contribution in [2.24, 2.45) is 0 Å². The minimum absolute atomic E-state index is 0.0703. The molecular weight excluding hydrogens is 402 g/mol. The number of fused-ring (bicyclic) bond motifs is 2. The maximum atomic E-state index is 12.8. The fraction of sp³-hybridized carbons (Fsp3) is 0.190. The van der Waals surface area contributed by atoms with Gasteiger partial charge in [0.15, 0.2) is 5.82 Å². The fourth-order valence-electron chi connectivity index (χ4n) is 3.31. The molecule has 0 radical (unpaired) electrons. The Labute approximate surface area is 175 Å². The Hall–Kier alpha value is -3.46. The summed E-state index contributed by atoms with van der Waals surface area (Å²) < 4.78 is 28.1. The molecule has 1 N–H and O–H groups in total. The van der Waals surface area contributed by atoms with E-state index in [4.69, 9.17) is 0 Å². The molecule has 8 nitrogen and oxygen atoms in total. The van der Waals surface area contributed by atoms with Crippen LogP contribution in [0.1, 0.15) is 21.5 Å². The Morgan fingerprint density at radius 1 is 0.933 bits per heavy atom. The van der Waals surface area contributed by atoms with Gasteiger partial charge in [-0.05, 0) is 49.2 Å². The van der Waals surface area contributed by atoms with Gasteiger partial charge in [-0.1, -0.05) is 18.2 Å². The van der Waals surface area contributed by atoms with Crippen LogP contribution in [0, 0.1) is 13.8 Å². The second-order valence-electron chi connectivity index (χ2n) is 7.19. The summed E-state index contributed by atoms with van der Waals surface area (Å²) in [5.41, 5.74) is 3.56. The zero-order chi connectivity index (χ0) is 21.6. The van der Waals surface area contributed by atoms with E-state index < -0.39 is 10.0 Å². The predicted molar refractivity (Wildman–Crippen MR) is 116 cm³/mol. The molecule has 0 atom stereocenters. The van der Waals surface area contributed by atoms with Crippen LogP contribution in [0.2, 0.25) is 0 Å². The first-order chi connectivity index (χ1) is 14.2. The van der Waals surface area contributed by atoms with Crippen molar-refractivity contribution >= 4 is 39.1 Å². The highest BCUT2D eigenvalue weighted by Gasteiger charge is 2.29. The lowest BCUT2D eigenvalue weighted by Gasteiger charge is -2.21. The van der Waals surface area contributed by atoms with Gasteiger partial charge in [0.05, 0.1) is 22.3 Å². The molecule has 9 heteroatoms. The van der Waals surface area contributed by atoms with Crippen LogP contribution in [-0.2, 0) is 10.0 Å². The average Bonchev–Trinajstić information content (AvgIpc) is 2.80. The third-order valence-corrected chi connectivity index (χ3v) is 6.57. The maximum absolute atomic E-state index is 12.8. The van der Waals surface area contributed by atoms with E-state index >= 15 is 0 Å². The monoisotopic (exact) mass is 423 g/mol. The molecule has 2 heterocycles. The van der Waals surface area contributed by atoms with Gasteiger partial charge in [-0.3, -0.25) is 4.79 Å². The van der Waals surface area contributed by atoms with Gasteiger partial charge in [-0.25, -0.2) is 18.1 Å². The van der Waals surface area contributed by atoms with Crippen molar-refractivity contribution in [3.63, 3.8) is 0 Å². The molecule has 3 aromatic rings. The lowest BCUT2D eigenvalue weighted by Crippen LogP contribution is -2.26. The molecule has 0 aliphatic carbocycles. The van der Waals surface area contributed by atoms with E-state index in [2.05, 4.69) is 14.7 Å². The van der Waals surface area contributed by atoms with Gasteiger partial charge in [0.2, 0.25) is 5.95 Å². The van der Waals surface area contributed by atoms with Crippen molar-refractivity contribution in [3.05, 3.63) is 65.4 Å². The number of aromatic nitrogens is 2. The molecule has 0 bridgehead atoms. The van der Waals surface area contributed by atoms with Gasteiger partial charge in [0, 0.05) is 14.1 Å². The van der Waals surface area contributed by atoms with Crippen molar-refractivity contribution in [1.29, 1.82) is 0 Å². The largest absolute Gasteiger partial charge is 0.327 e. The number of amides is 1. The Morgan fingerprint density at radius 3 is 2.40 bits per heavy atom. The number of para-hydroxylation sites is 1. The molecule has 1 aliphatic heterocycles. The smallest absolute Gasteiger partial charge is 0.264 e. The number of sulfonamides is 1. The Morgan fingerprint density at radius 2 is 1.67 bits per heavy atom. The summed E-state index contributed by atoms with van der Waals surface area (Å²) in [4.78, 5) is 24.7. The molecule has 4 rings (SSSR count). The van der Waals surface area contributed by atoms with Crippen molar-refractivity contribution in [2.45, 2.75) is 18.7 Å². The molecule has 0 saturated carbocycles. The first-order valence-electron chi connectivity index (χ1n) is 9.27. The minimum Gasteiger partial charge on any atom is -0.327 e. The molecule has 1 amide bonds. The highest BCUT2D eigenvalue weighted by atomic mass is 32.2. The van der Waals surface area contributed by atoms with E-state index in [-0.39, 0.29) is 16.8 Å². The first kappa shape index (κ1) is 19.8. The molecule has 0 saturated heterocycles. The summed E-state index contributed by atoms with van der Waals surface area (Å²) in [7, 11) is -0.450. The average molecular weight is 423 g/mol. The first-order valence-corrected chi connectivity index (χ1v) is 10.8. The third kappa shape index (κ3) is 3.26. The van der Waals surface area contributed by atoms with Crippen molar-refractivity contribution < 1.29 is 13.2 Å². The second-order valence-corrected chi connectivity index (χ2v) is 8.88. The number of anilines is 4. The van der Waals surface area contributed by atoms with Crippen LogP contribution in [0.4, 0.5) is 23.1 Å². The lowest BCUT2D eigenvalue weighted by molar-refractivity contribution is 0.0994. The summed E-state index contributed by atoms with van der Waals surface area (Å²) in [5.74, 6) is 0.158. The summed E-state index contributed by atoms with van der Waals surface area (Å²) in [6.45, 7) is 3.77. The zero-order valence-corrected chi connectivity index (χ0v) is 17.9. The fourth-order valence-corrected chi connectivity index (χ4v) is 4.35. The number of rotatable bonds is 3. The maximum Gasteiger partial charge on any atom is 0.264 e. The van der Waals surface area contributed by atoms with Crippen LogP contribution < -0.4 is 14.5 Å². The van der Waals surface area contributed by atoms with Gasteiger partial charge in [-0.2, -0.15) is 4.98 Å². The highest BCUT2D eigenvalue weighted by Crippen LogP contribution is 2.37. The van der Waals surface area contributed by atoms with Crippen molar-refractivity contribution in [2.75, 3.05) is 28.6 Å². The number of hydrogen-bond donors (Lipinski definition) is 1. The Kier molecular flexibility index (Phi) is 4.70. The number of nitrogens with zero attached hydrogens (tertiary/aromatic N) is 4. The lowest BCUT2D eigenvalue weighted by atomic mass is 10.1. The van der Waals surface area contributed by atoms with Gasteiger partial charge < -0.3 is 9.80 Å². The van der Waals surface area contributed by atoms with Crippen LogP contribution >= 0.6 is 0 Å². The molecule has 1 aliphatic rings. The van der Waals surface area contributed by atoms with E-state index in [0.29, 0.717) is 22.8 Å². The normalized spacial score (nSPS) is 13.5. The van der Waals surface area contributed by atoms with E-state index in [9.17, 15) is 13.2 Å². The summed E-state index contributed by atoms with van der Waals surface area (Å²) in [6.07, 6.45) is 1.45. The van der Waals surface area contributed by atoms with Crippen LogP contribution in [0.3, 0.4) is 0 Å². The van der Waals surface area contributed by atoms with Crippen LogP contribution in [-0.4, -0.2) is 38.4 Å². The van der Waals surface area contributed by atoms with Crippen molar-refractivity contribution in [1.82, 2.24) is 9.97 Å². The summed E-state index contributed by atoms with van der Waals surface area (Å²) in [5, 5.41) is 0. The Bertz CT molecular complexity index is 1270. The number of nitrogens with one attached hydrogen (secondary N) is 1. The van der Waals surface area contributed by atoms with Crippen LogP contribution in [0.15, 0.2) is 53.6 Å². The molecule has 154 valence electrons. The molecule has 0 unspecified atom stereocenters. The van der Waals surface area contributed by atoms with Gasteiger partial charge >= 0.3 is 0 Å². The molecule has 2 aromatic carbocycles. The second kappa shape index (κ2) is 7.10. The van der Waals surface area contributed by atoms with Crippen LogP contribution in [0.5, 0.6) is 0 Å². The topological polar surface area (TPSA) is 95.5 Å². The number of hydrogen-bond acceptors (Lipinski definition) is 6. The molecule has 30 heavy (non-hydrogen) atoms. The van der Waals surface area contributed by atoms with E-state index in [1.54, 1.807) is 49.3 Å². The number of benzene rings is 2. The van der Waals surface area contributed by atoms with Gasteiger partial charge in [0.1, 0.15) is 5.69 Å². The van der Waals surface area contributed by atoms with Gasteiger partial charge in [0.25, 0.3) is 15.9 Å². The Balaban J connectivity index is 1.76. The quantitative estimate of drug-likeness (QED) is 0.695. The zero-order valence-electron chi connectivity index (χ0n) is 17.0. The predicted octanol–water partition coefficient (Wildman–Crippen LogP) is 3.25. The molecule has 1 aromatic heterocycles. The summed E-state index contributed by atoms with van der Waals surface area (Å²) in [6, 6.07) is 12.1. The van der Waals surface area contributed by atoms with E-state index in [1.165, 1.54) is 11.1 Å². The highest BCUT2D eigenvalue weighted by molar-refractivity contribution is 7.92. The van der Waals surface area contributed by atoms with E-state index in [0.717, 1.165) is 11.1 Å². The SMILES string of the molecule is Cc1ccc(S(=O)(=O)Nc2ncc3c(n2)N(C)c2ccccc2C(=O)N3C)cc1C. The summed E-state index contributed by atoms with van der Waals surface area (Å²) >= 11 is 0. The standard InChI is InChI=1S/C21H21N5O3S/c1-13-9-10-15(11-14(13)2)30(28,29)24-21-22-12-18-19(23-21)25(3)17-8-6-5-7-16(17)20(27)26(18)4/h5-12H,1-4H3,(H,22,23,24). The molecule has 0 spiro atoms. The number of carbonyl (C=O) groups excluding carboxylic acids is 1. The van der Waals surface area contributed by atoms with E-state index in [1.807, 2.05) is 26.0 Å². The number of carbonyl (C=O) groups is 1. The van der Waals surface area contributed by atoms with Gasteiger partial charge in [-0.15, -0.1) is 0 Å². The molecule has 0 fully saturated rings. The third-order valence-electron chi connectivity index (χ3n) is 5.24. The van der Waals surface area contributed by atoms with Crippen molar-refractivity contribution in [3.8, 4) is 0 Å². The minimum atomic E-state index is -3.86. The molecular formula is C21H21N5O3S. The number of aryl methyl sites for hydroxylation is 2. The van der Waals surface area contributed by atoms with Crippen LogP contribution in [0.25, 0.3) is 0 Å².